The van der Waals surface area contributed by atoms with Gasteiger partial charge in [-0.3, -0.25) is 0 Å². The smallest absolute Gasteiger partial charge is 0.211 e. The van der Waals surface area contributed by atoms with Crippen LogP contribution in [0, 0.1) is 5.92 Å². The molecule has 12 heavy (non-hydrogen) atoms. The average molecular weight is 193 g/mol. The first-order valence-electron chi connectivity index (χ1n) is 3.74. The molecule has 0 unspecified atom stereocenters. The first-order chi connectivity index (χ1) is 5.41. The summed E-state index contributed by atoms with van der Waals surface area (Å²) in [6, 6.07) is -0.445. The molecule has 3 nitrogen and oxygen atoms in total. The molecule has 2 N–H and O–H groups in total. The molecule has 0 spiro atoms. The fraction of sp³-hybridized carbons (Fsp3) is 0.714. The molecule has 0 heterocycles. The Labute approximate surface area is 71.4 Å². The molecule has 1 aliphatic rings. The molecule has 0 saturated heterocycles. The number of sulfone groups is 1. The van der Waals surface area contributed by atoms with Gasteiger partial charge in [-0.25, -0.2) is 8.42 Å². The highest BCUT2D eigenvalue weighted by molar-refractivity contribution is 7.94. The number of hydrogen-bond acceptors (Lipinski definition) is 3. The molecule has 1 rings (SSSR count). The SMILES string of the molecule is CS(=O)(=O)/C(F)=C/[C@@H](N)C1CC1. The van der Waals surface area contributed by atoms with Gasteiger partial charge in [0.05, 0.1) is 0 Å². The molecule has 1 atom stereocenters. The van der Waals surface area contributed by atoms with Crippen LogP contribution in [0.4, 0.5) is 4.39 Å². The van der Waals surface area contributed by atoms with Crippen LogP contribution in [0.2, 0.25) is 0 Å². The van der Waals surface area contributed by atoms with Gasteiger partial charge in [0.1, 0.15) is 0 Å². The molecule has 5 heteroatoms. The van der Waals surface area contributed by atoms with Crippen LogP contribution in [0.1, 0.15) is 12.8 Å². The summed E-state index contributed by atoms with van der Waals surface area (Å²) < 4.78 is 34.0. The van der Waals surface area contributed by atoms with Crippen molar-refractivity contribution >= 4 is 9.84 Å². The number of rotatable bonds is 3. The lowest BCUT2D eigenvalue weighted by Crippen LogP contribution is -2.20. The largest absolute Gasteiger partial charge is 0.324 e. The predicted octanol–water partition coefficient (Wildman–Crippen LogP) is 0.579. The monoisotopic (exact) mass is 193 g/mol. The van der Waals surface area contributed by atoms with Gasteiger partial charge >= 0.3 is 0 Å². The lowest BCUT2D eigenvalue weighted by Gasteiger charge is -2.02. The summed E-state index contributed by atoms with van der Waals surface area (Å²) in [5.74, 6) is 0.275. The zero-order valence-corrected chi connectivity index (χ0v) is 7.64. The van der Waals surface area contributed by atoms with Gasteiger partial charge in [0.25, 0.3) is 0 Å². The van der Waals surface area contributed by atoms with E-state index in [1.165, 1.54) is 0 Å². The van der Waals surface area contributed by atoms with E-state index in [0.717, 1.165) is 25.2 Å². The van der Waals surface area contributed by atoms with Gasteiger partial charge in [-0.05, 0) is 24.8 Å². The minimum Gasteiger partial charge on any atom is -0.324 e. The second-order valence-corrected chi connectivity index (χ2v) is 5.09. The van der Waals surface area contributed by atoms with Crippen molar-refractivity contribution in [3.05, 3.63) is 11.2 Å². The van der Waals surface area contributed by atoms with E-state index < -0.39 is 21.0 Å². The lowest BCUT2D eigenvalue weighted by atomic mass is 10.2. The van der Waals surface area contributed by atoms with Gasteiger partial charge in [0.15, 0.2) is 0 Å². The van der Waals surface area contributed by atoms with Crippen LogP contribution < -0.4 is 5.73 Å². The van der Waals surface area contributed by atoms with Crippen LogP contribution in [0.3, 0.4) is 0 Å². The van der Waals surface area contributed by atoms with Crippen molar-refractivity contribution in [1.29, 1.82) is 0 Å². The summed E-state index contributed by atoms with van der Waals surface area (Å²) in [6.07, 6.45) is 3.76. The van der Waals surface area contributed by atoms with Crippen LogP contribution in [-0.4, -0.2) is 20.7 Å². The molecule has 1 saturated carbocycles. The Balaban J connectivity index is 2.67. The maximum Gasteiger partial charge on any atom is 0.211 e. The lowest BCUT2D eigenvalue weighted by molar-refractivity contribution is 0.576. The van der Waals surface area contributed by atoms with Crippen molar-refractivity contribution < 1.29 is 12.8 Å². The van der Waals surface area contributed by atoms with E-state index in [1.807, 2.05) is 0 Å². The zero-order chi connectivity index (χ0) is 9.35. The molecular formula is C7H12FNO2S. The van der Waals surface area contributed by atoms with Gasteiger partial charge < -0.3 is 5.73 Å². The summed E-state index contributed by atoms with van der Waals surface area (Å²) in [7, 11) is -3.69. The molecule has 1 aliphatic carbocycles. The maximum absolute atomic E-state index is 12.7. The Morgan fingerprint density at radius 3 is 2.50 bits per heavy atom. The fourth-order valence-electron chi connectivity index (χ4n) is 0.892. The van der Waals surface area contributed by atoms with Crippen molar-refractivity contribution in [2.24, 2.45) is 11.7 Å². The quantitative estimate of drug-likeness (QED) is 0.713. The fourth-order valence-corrected chi connectivity index (χ4v) is 1.30. The molecule has 0 aromatic heterocycles. The highest BCUT2D eigenvalue weighted by Crippen LogP contribution is 2.32. The van der Waals surface area contributed by atoms with Gasteiger partial charge in [0.2, 0.25) is 15.0 Å². The standard InChI is InChI=1S/C7H12FNO2S/c1-12(10,11)7(8)4-6(9)5-2-3-5/h4-6H,2-3,9H2,1H3/b7-4+/t6-/m1/s1. The number of halogens is 1. The summed E-state index contributed by atoms with van der Waals surface area (Å²) in [5.41, 5.74) is 5.50. The van der Waals surface area contributed by atoms with Gasteiger partial charge in [-0.2, -0.15) is 4.39 Å². The first-order valence-corrected chi connectivity index (χ1v) is 5.63. The van der Waals surface area contributed by atoms with E-state index in [2.05, 4.69) is 0 Å². The van der Waals surface area contributed by atoms with Crippen LogP contribution >= 0.6 is 0 Å². The number of nitrogens with two attached hydrogens (primary N) is 1. The number of hydrogen-bond donors (Lipinski definition) is 1. The second kappa shape index (κ2) is 3.14. The third kappa shape index (κ3) is 2.57. The van der Waals surface area contributed by atoms with E-state index in [1.54, 1.807) is 0 Å². The molecule has 0 aromatic carbocycles. The Kier molecular flexibility index (Phi) is 2.53. The van der Waals surface area contributed by atoms with E-state index in [4.69, 9.17) is 5.73 Å². The highest BCUT2D eigenvalue weighted by atomic mass is 32.2. The van der Waals surface area contributed by atoms with Crippen LogP contribution in [0.25, 0.3) is 0 Å². The minimum atomic E-state index is -3.69. The van der Waals surface area contributed by atoms with E-state index >= 15 is 0 Å². The molecule has 0 amide bonds. The second-order valence-electron chi connectivity index (χ2n) is 3.16. The van der Waals surface area contributed by atoms with Gasteiger partial charge in [0, 0.05) is 12.3 Å². The molecule has 0 aliphatic heterocycles. The van der Waals surface area contributed by atoms with Crippen LogP contribution in [0.5, 0.6) is 0 Å². The van der Waals surface area contributed by atoms with E-state index in [9.17, 15) is 12.8 Å². The highest BCUT2D eigenvalue weighted by Gasteiger charge is 2.28. The molecule has 0 aromatic rings. The van der Waals surface area contributed by atoms with Gasteiger partial charge in [-0.15, -0.1) is 0 Å². The molecular weight excluding hydrogens is 181 g/mol. The van der Waals surface area contributed by atoms with Crippen LogP contribution in [-0.2, 0) is 9.84 Å². The molecule has 1 fully saturated rings. The molecule has 0 bridgehead atoms. The topological polar surface area (TPSA) is 60.2 Å². The summed E-state index contributed by atoms with van der Waals surface area (Å²) in [4.78, 5) is 0. The third-order valence-corrected chi connectivity index (χ3v) is 2.69. The Morgan fingerprint density at radius 1 is 1.67 bits per heavy atom. The van der Waals surface area contributed by atoms with E-state index in [-0.39, 0.29) is 5.92 Å². The Hall–Kier alpha value is -0.420. The summed E-state index contributed by atoms with van der Waals surface area (Å²) in [5, 5.41) is -1.11. The van der Waals surface area contributed by atoms with Crippen molar-refractivity contribution in [2.45, 2.75) is 18.9 Å². The van der Waals surface area contributed by atoms with Crippen molar-refractivity contribution in [3.63, 3.8) is 0 Å². The van der Waals surface area contributed by atoms with E-state index in [0.29, 0.717) is 0 Å². The predicted molar refractivity (Wildman–Crippen MR) is 44.7 cm³/mol. The van der Waals surface area contributed by atoms with Gasteiger partial charge in [-0.1, -0.05) is 0 Å². The maximum atomic E-state index is 12.7. The van der Waals surface area contributed by atoms with Crippen molar-refractivity contribution in [3.8, 4) is 0 Å². The third-order valence-electron chi connectivity index (χ3n) is 1.84. The summed E-state index contributed by atoms with van der Waals surface area (Å²) in [6.45, 7) is 0. The van der Waals surface area contributed by atoms with Crippen molar-refractivity contribution in [1.82, 2.24) is 0 Å². The van der Waals surface area contributed by atoms with Crippen molar-refractivity contribution in [2.75, 3.05) is 6.26 Å². The normalized spacial score (nSPS) is 22.4. The molecule has 0 radical (unpaired) electrons. The minimum absolute atomic E-state index is 0.275. The summed E-state index contributed by atoms with van der Waals surface area (Å²) >= 11 is 0. The van der Waals surface area contributed by atoms with Crippen LogP contribution in [0.15, 0.2) is 11.2 Å². The Morgan fingerprint density at radius 2 is 2.17 bits per heavy atom. The zero-order valence-electron chi connectivity index (χ0n) is 6.83. The first kappa shape index (κ1) is 9.67. The average Bonchev–Trinajstić information content (AvgIpc) is 2.65. The Bertz CT molecular complexity index is 293. The molecule has 70 valence electrons.